The van der Waals surface area contributed by atoms with Crippen LogP contribution in [-0.2, 0) is 17.7 Å². The summed E-state index contributed by atoms with van der Waals surface area (Å²) in [5.74, 6) is -0.478. The molecule has 2 heterocycles. The van der Waals surface area contributed by atoms with Gasteiger partial charge < -0.3 is 4.74 Å². The van der Waals surface area contributed by atoms with Crippen LogP contribution in [0.1, 0.15) is 16.2 Å². The van der Waals surface area contributed by atoms with Crippen molar-refractivity contribution in [3.8, 4) is 0 Å². The van der Waals surface area contributed by atoms with E-state index in [0.717, 1.165) is 12.1 Å². The van der Waals surface area contributed by atoms with E-state index in [4.69, 9.17) is 0 Å². The van der Waals surface area contributed by atoms with Gasteiger partial charge in [0, 0.05) is 24.9 Å². The molecule has 2 aromatic heterocycles. The van der Waals surface area contributed by atoms with Gasteiger partial charge in [0.15, 0.2) is 5.69 Å². The number of carbonyl (C=O) groups excluding carboxylic acids is 1. The fourth-order valence-electron chi connectivity index (χ4n) is 1.38. The van der Waals surface area contributed by atoms with Crippen LogP contribution in [0.25, 0.3) is 0 Å². The predicted octanol–water partition coefficient (Wildman–Crippen LogP) is 0.702. The highest BCUT2D eigenvalue weighted by Gasteiger charge is 2.10. The van der Waals surface area contributed by atoms with Gasteiger partial charge in [-0.05, 0) is 12.1 Å². The Morgan fingerprint density at radius 2 is 2.35 bits per heavy atom. The molecule has 0 aliphatic carbocycles. The fourth-order valence-corrected chi connectivity index (χ4v) is 1.38. The molecule has 0 atom stereocenters. The highest BCUT2D eigenvalue weighted by atomic mass is 16.5. The van der Waals surface area contributed by atoms with E-state index >= 15 is 0 Å². The molecule has 0 saturated carbocycles. The first-order valence-electron chi connectivity index (χ1n) is 5.18. The molecule has 0 aromatic carbocycles. The number of hydrogen-bond acceptors (Lipinski definition) is 5. The van der Waals surface area contributed by atoms with Crippen LogP contribution in [0.4, 0.5) is 0 Å². The van der Waals surface area contributed by atoms with Crippen LogP contribution in [0.3, 0.4) is 0 Å². The van der Waals surface area contributed by atoms with Crippen LogP contribution in [0.5, 0.6) is 0 Å². The maximum Gasteiger partial charge on any atom is 0.360 e. The molecule has 0 saturated heterocycles. The lowest BCUT2D eigenvalue weighted by Crippen LogP contribution is -2.03. The van der Waals surface area contributed by atoms with Gasteiger partial charge >= 0.3 is 5.97 Å². The minimum absolute atomic E-state index is 0.216. The molecule has 0 N–H and O–H groups in total. The van der Waals surface area contributed by atoms with Gasteiger partial charge in [-0.2, -0.15) is 0 Å². The smallest absolute Gasteiger partial charge is 0.360 e. The first-order valence-corrected chi connectivity index (χ1v) is 5.18. The first-order chi connectivity index (χ1) is 8.29. The fraction of sp³-hybridized carbons (Fsp3) is 0.273. The van der Waals surface area contributed by atoms with Gasteiger partial charge in [0.1, 0.15) is 0 Å². The molecule has 88 valence electrons. The minimum Gasteiger partial charge on any atom is -0.464 e. The lowest BCUT2D eigenvalue weighted by molar-refractivity contribution is 0.0594. The monoisotopic (exact) mass is 232 g/mol. The van der Waals surface area contributed by atoms with Crippen molar-refractivity contribution in [1.82, 2.24) is 20.0 Å². The van der Waals surface area contributed by atoms with Gasteiger partial charge in [-0.25, -0.2) is 4.79 Å². The number of aromatic nitrogens is 4. The predicted molar refractivity (Wildman–Crippen MR) is 59.3 cm³/mol. The summed E-state index contributed by atoms with van der Waals surface area (Å²) < 4.78 is 6.14. The van der Waals surface area contributed by atoms with Gasteiger partial charge in [-0.3, -0.25) is 9.67 Å². The van der Waals surface area contributed by atoms with Gasteiger partial charge in [0.05, 0.1) is 13.3 Å². The summed E-state index contributed by atoms with van der Waals surface area (Å²) in [6.45, 7) is 0.626. The molecular weight excluding hydrogens is 220 g/mol. The molecule has 0 unspecified atom stereocenters. The summed E-state index contributed by atoms with van der Waals surface area (Å²) in [5, 5.41) is 7.56. The second kappa shape index (κ2) is 5.20. The van der Waals surface area contributed by atoms with Gasteiger partial charge in [0.2, 0.25) is 0 Å². The second-order valence-electron chi connectivity index (χ2n) is 3.43. The van der Waals surface area contributed by atoms with Crippen molar-refractivity contribution in [2.24, 2.45) is 0 Å². The summed E-state index contributed by atoms with van der Waals surface area (Å²) >= 11 is 0. The summed E-state index contributed by atoms with van der Waals surface area (Å²) in [5.41, 5.74) is 1.19. The molecule has 6 nitrogen and oxygen atoms in total. The summed E-state index contributed by atoms with van der Waals surface area (Å²) in [7, 11) is 1.31. The van der Waals surface area contributed by atoms with Crippen LogP contribution >= 0.6 is 0 Å². The van der Waals surface area contributed by atoms with Gasteiger partial charge in [0.25, 0.3) is 0 Å². The number of rotatable bonds is 4. The zero-order valence-electron chi connectivity index (χ0n) is 9.41. The highest BCUT2D eigenvalue weighted by Crippen LogP contribution is 1.99. The van der Waals surface area contributed by atoms with E-state index in [9.17, 15) is 4.79 Å². The molecule has 0 aliphatic rings. The molecular formula is C11H12N4O2. The Morgan fingerprint density at radius 1 is 1.47 bits per heavy atom. The van der Waals surface area contributed by atoms with Crippen molar-refractivity contribution in [2.45, 2.75) is 13.0 Å². The Hall–Kier alpha value is -2.24. The quantitative estimate of drug-likeness (QED) is 0.726. The van der Waals surface area contributed by atoms with Gasteiger partial charge in [-0.15, -0.1) is 5.10 Å². The summed E-state index contributed by atoms with van der Waals surface area (Å²) in [4.78, 5) is 15.3. The Labute approximate surface area is 98.2 Å². The molecule has 0 bridgehead atoms. The van der Waals surface area contributed by atoms with Crippen molar-refractivity contribution in [1.29, 1.82) is 0 Å². The molecule has 0 fully saturated rings. The van der Waals surface area contributed by atoms with Crippen molar-refractivity contribution in [3.63, 3.8) is 0 Å². The van der Waals surface area contributed by atoms with E-state index in [1.165, 1.54) is 7.11 Å². The normalized spacial score (nSPS) is 10.2. The zero-order chi connectivity index (χ0) is 12.1. The van der Waals surface area contributed by atoms with Crippen LogP contribution in [0.15, 0.2) is 30.6 Å². The topological polar surface area (TPSA) is 69.9 Å². The molecule has 2 rings (SSSR count). The number of nitrogens with zero attached hydrogens (tertiary/aromatic N) is 4. The van der Waals surface area contributed by atoms with E-state index in [1.807, 2.05) is 18.2 Å². The molecule has 0 radical (unpaired) electrons. The van der Waals surface area contributed by atoms with E-state index in [0.29, 0.717) is 6.54 Å². The van der Waals surface area contributed by atoms with Crippen LogP contribution in [0, 0.1) is 0 Å². The van der Waals surface area contributed by atoms with Crippen LogP contribution < -0.4 is 0 Å². The highest BCUT2D eigenvalue weighted by molar-refractivity contribution is 5.86. The Balaban J connectivity index is 1.96. The number of pyridine rings is 1. The number of esters is 1. The maximum atomic E-state index is 11.2. The average Bonchev–Trinajstić information content (AvgIpc) is 2.85. The average molecular weight is 232 g/mol. The number of carbonyl (C=O) groups is 1. The van der Waals surface area contributed by atoms with Crippen molar-refractivity contribution in [3.05, 3.63) is 42.0 Å². The van der Waals surface area contributed by atoms with Crippen LogP contribution in [-0.4, -0.2) is 33.1 Å². The second-order valence-corrected chi connectivity index (χ2v) is 3.43. The summed E-state index contributed by atoms with van der Waals surface area (Å²) in [6.07, 6.45) is 4.05. The van der Waals surface area contributed by atoms with E-state index in [1.54, 1.807) is 17.1 Å². The Kier molecular flexibility index (Phi) is 3.44. The minimum atomic E-state index is -0.478. The van der Waals surface area contributed by atoms with Crippen molar-refractivity contribution >= 4 is 5.97 Å². The van der Waals surface area contributed by atoms with Crippen LogP contribution in [0.2, 0.25) is 0 Å². The largest absolute Gasteiger partial charge is 0.464 e. The lowest BCUT2D eigenvalue weighted by atomic mass is 10.3. The summed E-state index contributed by atoms with van der Waals surface area (Å²) in [6, 6.07) is 5.75. The standard InChI is InChI=1S/C11H12N4O2/c1-17-11(16)10-8-15(14-13-10)7-5-9-4-2-3-6-12-9/h2-4,6,8H,5,7H2,1H3. The first kappa shape index (κ1) is 11.3. The molecule has 0 aliphatic heterocycles. The molecule has 2 aromatic rings. The Bertz CT molecular complexity index is 495. The van der Waals surface area contributed by atoms with E-state index in [-0.39, 0.29) is 5.69 Å². The third-order valence-electron chi connectivity index (χ3n) is 2.26. The van der Waals surface area contributed by atoms with Crippen molar-refractivity contribution in [2.75, 3.05) is 7.11 Å². The number of hydrogen-bond donors (Lipinski definition) is 0. The lowest BCUT2D eigenvalue weighted by Gasteiger charge is -1.99. The molecule has 0 amide bonds. The van der Waals surface area contributed by atoms with E-state index < -0.39 is 5.97 Å². The molecule has 6 heteroatoms. The number of aryl methyl sites for hydroxylation is 2. The van der Waals surface area contributed by atoms with Crippen molar-refractivity contribution < 1.29 is 9.53 Å². The molecule has 0 spiro atoms. The van der Waals surface area contributed by atoms with E-state index in [2.05, 4.69) is 20.0 Å². The molecule has 17 heavy (non-hydrogen) atoms. The maximum absolute atomic E-state index is 11.2. The Morgan fingerprint density at radius 3 is 3.06 bits per heavy atom. The SMILES string of the molecule is COC(=O)c1cn(CCc2ccccn2)nn1. The van der Waals surface area contributed by atoms with Gasteiger partial charge in [-0.1, -0.05) is 11.3 Å². The third-order valence-corrected chi connectivity index (χ3v) is 2.26. The zero-order valence-corrected chi connectivity index (χ0v) is 9.41. The number of ether oxygens (including phenoxy) is 1. The number of methoxy groups -OCH3 is 1. The third kappa shape index (κ3) is 2.87.